The molecule has 0 heterocycles. The van der Waals surface area contributed by atoms with Gasteiger partial charge in [0.15, 0.2) is 0 Å². The first-order valence-electron chi connectivity index (χ1n) is 5.80. The molecule has 0 aromatic heterocycles. The van der Waals surface area contributed by atoms with Crippen molar-refractivity contribution >= 4 is 27.5 Å². The van der Waals surface area contributed by atoms with Gasteiger partial charge in [-0.3, -0.25) is 0 Å². The minimum absolute atomic E-state index is 0.0134. The molecule has 2 aromatic carbocycles. The maximum absolute atomic E-state index is 13.9. The number of nitriles is 1. The topological polar surface area (TPSA) is 33.0 Å². The van der Waals surface area contributed by atoms with E-state index in [0.29, 0.717) is 17.2 Å². The predicted octanol–water partition coefficient (Wildman–Crippen LogP) is 4.78. The second-order valence-electron chi connectivity index (χ2n) is 4.06. The average molecular weight is 355 g/mol. The minimum atomic E-state index is -0.542. The van der Waals surface area contributed by atoms with Crippen molar-refractivity contribution in [2.45, 2.75) is 12.5 Å². The van der Waals surface area contributed by atoms with Gasteiger partial charge in [-0.25, -0.2) is 4.39 Å². The highest BCUT2D eigenvalue weighted by Crippen LogP contribution is 2.26. The van der Waals surface area contributed by atoms with Gasteiger partial charge >= 0.3 is 0 Å². The molecule has 0 aliphatic rings. The van der Waals surface area contributed by atoms with Crippen LogP contribution in [0.4, 0.5) is 4.39 Å². The molecule has 2 aromatic rings. The Kier molecular flexibility index (Phi) is 4.99. The molecule has 0 saturated heterocycles. The van der Waals surface area contributed by atoms with Crippen molar-refractivity contribution in [2.75, 3.05) is 0 Å². The van der Waals surface area contributed by atoms with Crippen LogP contribution >= 0.6 is 27.5 Å². The first-order valence-corrected chi connectivity index (χ1v) is 7.13. The third kappa shape index (κ3) is 3.30. The van der Waals surface area contributed by atoms with E-state index in [-0.39, 0.29) is 12.2 Å². The van der Waals surface area contributed by atoms with Gasteiger partial charge in [0, 0.05) is 15.6 Å². The van der Waals surface area contributed by atoms with Crippen LogP contribution in [-0.2, 0) is 12.5 Å². The van der Waals surface area contributed by atoms with E-state index in [2.05, 4.69) is 15.9 Å². The van der Waals surface area contributed by atoms with Crippen molar-refractivity contribution in [3.63, 3.8) is 0 Å². The van der Waals surface area contributed by atoms with Crippen molar-refractivity contribution in [1.82, 2.24) is 0 Å². The van der Waals surface area contributed by atoms with E-state index in [0.717, 1.165) is 10.0 Å². The summed E-state index contributed by atoms with van der Waals surface area (Å²) in [5, 5.41) is 8.79. The lowest BCUT2D eigenvalue weighted by atomic mass is 10.1. The number of ether oxygens (including phenoxy) is 1. The fourth-order valence-corrected chi connectivity index (χ4v) is 2.34. The summed E-state index contributed by atoms with van der Waals surface area (Å²) in [7, 11) is 0. The minimum Gasteiger partial charge on any atom is -0.488 e. The van der Waals surface area contributed by atoms with E-state index in [9.17, 15) is 4.39 Å². The SMILES string of the molecule is N#Cc1cccc(COc2ccc(Br)cc2CCl)c1F. The van der Waals surface area contributed by atoms with Gasteiger partial charge in [0.1, 0.15) is 24.2 Å². The summed E-state index contributed by atoms with van der Waals surface area (Å²) in [6.45, 7) is 0.0485. The molecule has 0 fully saturated rings. The molecule has 0 atom stereocenters. The van der Waals surface area contributed by atoms with Crippen LogP contribution in [-0.4, -0.2) is 0 Å². The molecule has 0 radical (unpaired) electrons. The molecule has 0 amide bonds. The normalized spacial score (nSPS) is 10.1. The van der Waals surface area contributed by atoms with Gasteiger partial charge in [0.2, 0.25) is 0 Å². The number of halogens is 3. The lowest BCUT2D eigenvalue weighted by molar-refractivity contribution is 0.297. The molecule has 2 nitrogen and oxygen atoms in total. The van der Waals surface area contributed by atoms with E-state index in [1.165, 1.54) is 6.07 Å². The highest BCUT2D eigenvalue weighted by atomic mass is 79.9. The molecule has 20 heavy (non-hydrogen) atoms. The Morgan fingerprint density at radius 3 is 2.75 bits per heavy atom. The number of nitrogens with zero attached hydrogens (tertiary/aromatic N) is 1. The maximum atomic E-state index is 13.9. The summed E-state index contributed by atoms with van der Waals surface area (Å²) in [5.74, 6) is 0.361. The third-order valence-corrected chi connectivity index (χ3v) is 3.53. The molecule has 102 valence electrons. The summed E-state index contributed by atoms with van der Waals surface area (Å²) in [6.07, 6.45) is 0. The Hall–Kier alpha value is -1.57. The van der Waals surface area contributed by atoms with Gasteiger partial charge in [-0.2, -0.15) is 5.26 Å². The first-order chi connectivity index (χ1) is 9.65. The van der Waals surface area contributed by atoms with E-state index in [1.807, 2.05) is 12.1 Å². The molecule has 0 N–H and O–H groups in total. The molecular weight excluding hydrogens is 345 g/mol. The van der Waals surface area contributed by atoms with Gasteiger partial charge in [-0.15, -0.1) is 11.6 Å². The predicted molar refractivity (Wildman–Crippen MR) is 79.1 cm³/mol. The highest BCUT2D eigenvalue weighted by Gasteiger charge is 2.09. The fourth-order valence-electron chi connectivity index (χ4n) is 1.73. The van der Waals surface area contributed by atoms with Gasteiger partial charge < -0.3 is 4.74 Å². The van der Waals surface area contributed by atoms with Gasteiger partial charge in [0.05, 0.1) is 11.4 Å². The van der Waals surface area contributed by atoms with Crippen LogP contribution in [0.15, 0.2) is 40.9 Å². The molecule has 0 bridgehead atoms. The quantitative estimate of drug-likeness (QED) is 0.740. The van der Waals surface area contributed by atoms with Crippen molar-refractivity contribution in [3.8, 4) is 11.8 Å². The van der Waals surface area contributed by atoms with Gasteiger partial charge in [-0.05, 0) is 24.3 Å². The smallest absolute Gasteiger partial charge is 0.147 e. The number of alkyl halides is 1. The third-order valence-electron chi connectivity index (χ3n) is 2.75. The summed E-state index contributed by atoms with van der Waals surface area (Å²) in [4.78, 5) is 0. The van der Waals surface area contributed by atoms with Crippen LogP contribution in [0.1, 0.15) is 16.7 Å². The summed E-state index contributed by atoms with van der Waals surface area (Å²) < 4.78 is 20.4. The van der Waals surface area contributed by atoms with Crippen LogP contribution < -0.4 is 4.74 Å². The molecule has 0 aliphatic carbocycles. The number of rotatable bonds is 4. The zero-order valence-corrected chi connectivity index (χ0v) is 12.7. The average Bonchev–Trinajstić information content (AvgIpc) is 2.47. The van der Waals surface area contributed by atoms with E-state index in [1.54, 1.807) is 24.3 Å². The molecule has 0 aliphatic heterocycles. The number of hydrogen-bond donors (Lipinski definition) is 0. The molecule has 5 heteroatoms. The Bertz CT molecular complexity index is 669. The molecular formula is C15H10BrClFNO. The van der Waals surface area contributed by atoms with Crippen molar-refractivity contribution in [2.24, 2.45) is 0 Å². The Morgan fingerprint density at radius 2 is 2.05 bits per heavy atom. The standard InChI is InChI=1S/C15H10BrClFNO/c16-13-4-5-14(12(6-13)7-17)20-9-11-3-1-2-10(8-19)15(11)18/h1-6H,7,9H2. The fraction of sp³-hybridized carbons (Fsp3) is 0.133. The molecule has 2 rings (SSSR count). The van der Waals surface area contributed by atoms with Crippen LogP contribution in [0.3, 0.4) is 0 Å². The zero-order chi connectivity index (χ0) is 14.5. The van der Waals surface area contributed by atoms with E-state index in [4.69, 9.17) is 21.6 Å². The van der Waals surface area contributed by atoms with Crippen molar-refractivity contribution < 1.29 is 9.13 Å². The first kappa shape index (κ1) is 14.8. The Labute approximate surface area is 129 Å². The van der Waals surface area contributed by atoms with Crippen molar-refractivity contribution in [3.05, 3.63) is 63.4 Å². The largest absolute Gasteiger partial charge is 0.488 e. The summed E-state index contributed by atoms with van der Waals surface area (Å²) in [6, 6.07) is 11.9. The van der Waals surface area contributed by atoms with Crippen LogP contribution in [0.5, 0.6) is 5.75 Å². The second-order valence-corrected chi connectivity index (χ2v) is 5.25. The van der Waals surface area contributed by atoms with Crippen LogP contribution in [0, 0.1) is 17.1 Å². The van der Waals surface area contributed by atoms with Crippen LogP contribution in [0.2, 0.25) is 0 Å². The molecule has 0 spiro atoms. The molecule has 0 saturated carbocycles. The number of hydrogen-bond acceptors (Lipinski definition) is 2. The second kappa shape index (κ2) is 6.74. The van der Waals surface area contributed by atoms with Gasteiger partial charge in [0.25, 0.3) is 0 Å². The van der Waals surface area contributed by atoms with E-state index >= 15 is 0 Å². The zero-order valence-electron chi connectivity index (χ0n) is 10.4. The van der Waals surface area contributed by atoms with Gasteiger partial charge in [-0.1, -0.05) is 28.1 Å². The summed E-state index contributed by atoms with van der Waals surface area (Å²) in [5.41, 5.74) is 1.17. The maximum Gasteiger partial charge on any atom is 0.147 e. The summed E-state index contributed by atoms with van der Waals surface area (Å²) >= 11 is 9.20. The van der Waals surface area contributed by atoms with Crippen molar-refractivity contribution in [1.29, 1.82) is 5.26 Å². The van der Waals surface area contributed by atoms with Crippen LogP contribution in [0.25, 0.3) is 0 Å². The lowest BCUT2D eigenvalue weighted by Crippen LogP contribution is -2.01. The Balaban J connectivity index is 2.19. The molecule has 0 unspecified atom stereocenters. The Morgan fingerprint density at radius 1 is 1.25 bits per heavy atom. The van der Waals surface area contributed by atoms with E-state index < -0.39 is 5.82 Å². The highest BCUT2D eigenvalue weighted by molar-refractivity contribution is 9.10. The number of benzene rings is 2. The lowest BCUT2D eigenvalue weighted by Gasteiger charge is -2.11. The monoisotopic (exact) mass is 353 g/mol.